The van der Waals surface area contributed by atoms with Crippen LogP contribution in [0.4, 0.5) is 4.39 Å². The number of hydrogen-bond acceptors (Lipinski definition) is 5. The zero-order valence-corrected chi connectivity index (χ0v) is 11.8. The molecule has 3 rings (SSSR count). The van der Waals surface area contributed by atoms with Crippen molar-refractivity contribution in [3.8, 4) is 5.88 Å². The van der Waals surface area contributed by atoms with Crippen molar-refractivity contribution in [2.75, 3.05) is 26.7 Å². The van der Waals surface area contributed by atoms with Crippen molar-refractivity contribution in [1.29, 1.82) is 0 Å². The fourth-order valence-electron chi connectivity index (χ4n) is 2.46. The number of hydrogen-bond donors (Lipinski definition) is 0. The van der Waals surface area contributed by atoms with E-state index in [1.807, 2.05) is 11.9 Å². The molecule has 0 saturated heterocycles. The molecule has 1 saturated carbocycles. The van der Waals surface area contributed by atoms with Crippen LogP contribution in [-0.4, -0.2) is 46.6 Å². The first-order chi connectivity index (χ1) is 9.22. The van der Waals surface area contributed by atoms with E-state index in [0.717, 1.165) is 23.0 Å². The van der Waals surface area contributed by atoms with E-state index in [0.29, 0.717) is 31.5 Å². The molecule has 1 aliphatic heterocycles. The van der Waals surface area contributed by atoms with Crippen LogP contribution >= 0.6 is 11.7 Å². The minimum atomic E-state index is -0.935. The van der Waals surface area contributed by atoms with E-state index < -0.39 is 6.17 Å². The summed E-state index contributed by atoms with van der Waals surface area (Å²) in [4.78, 5) is 1.95. The average Bonchev–Trinajstić information content (AvgIpc) is 2.74. The molecule has 19 heavy (non-hydrogen) atoms. The first-order valence-corrected chi connectivity index (χ1v) is 7.44. The second kappa shape index (κ2) is 5.54. The van der Waals surface area contributed by atoms with Gasteiger partial charge >= 0.3 is 0 Å². The summed E-state index contributed by atoms with van der Waals surface area (Å²) in [5.41, 5.74) is 1.61. The van der Waals surface area contributed by atoms with Crippen molar-refractivity contribution in [2.24, 2.45) is 5.92 Å². The Balaban J connectivity index is 1.71. The van der Waals surface area contributed by atoms with Crippen molar-refractivity contribution >= 4 is 17.3 Å². The van der Waals surface area contributed by atoms with Crippen molar-refractivity contribution in [2.45, 2.75) is 25.4 Å². The number of likely N-dealkylation sites (N-methyl/N-ethyl adjacent to an activating group) is 1. The third-order valence-corrected chi connectivity index (χ3v) is 4.26. The fraction of sp³-hybridized carbons (Fsp3) is 0.692. The number of halogens is 1. The Morgan fingerprint density at radius 2 is 2.32 bits per heavy atom. The van der Waals surface area contributed by atoms with Gasteiger partial charge in [-0.15, -0.1) is 4.37 Å². The lowest BCUT2D eigenvalue weighted by Crippen LogP contribution is -2.32. The maximum Gasteiger partial charge on any atom is 0.253 e. The van der Waals surface area contributed by atoms with Crippen LogP contribution in [0.25, 0.3) is 5.57 Å². The van der Waals surface area contributed by atoms with Crippen molar-refractivity contribution in [1.82, 2.24) is 13.6 Å². The van der Waals surface area contributed by atoms with Crippen LogP contribution in [0.5, 0.6) is 5.88 Å². The van der Waals surface area contributed by atoms with E-state index in [9.17, 15) is 4.39 Å². The molecule has 6 heteroatoms. The lowest BCUT2D eigenvalue weighted by molar-refractivity contribution is 0.176. The Kier molecular flexibility index (Phi) is 3.79. The number of nitrogens with zero attached hydrogens (tertiary/aromatic N) is 3. The maximum absolute atomic E-state index is 13.6. The zero-order valence-electron chi connectivity index (χ0n) is 11.0. The quantitative estimate of drug-likeness (QED) is 0.850. The van der Waals surface area contributed by atoms with Crippen LogP contribution in [0.2, 0.25) is 0 Å². The van der Waals surface area contributed by atoms with Crippen LogP contribution < -0.4 is 4.74 Å². The molecule has 2 aliphatic rings. The Morgan fingerprint density at radius 3 is 3.00 bits per heavy atom. The van der Waals surface area contributed by atoms with Gasteiger partial charge in [-0.1, -0.05) is 6.42 Å². The summed E-state index contributed by atoms with van der Waals surface area (Å²) in [7, 11) is 1.91. The van der Waals surface area contributed by atoms with E-state index in [1.165, 1.54) is 19.3 Å². The van der Waals surface area contributed by atoms with E-state index in [4.69, 9.17) is 4.74 Å². The Bertz CT molecular complexity index is 472. The highest BCUT2D eigenvalue weighted by Gasteiger charge is 2.24. The fourth-order valence-corrected chi connectivity index (χ4v) is 2.99. The van der Waals surface area contributed by atoms with Crippen LogP contribution in [-0.2, 0) is 0 Å². The summed E-state index contributed by atoms with van der Waals surface area (Å²) >= 11 is 1.13. The highest BCUT2D eigenvalue weighted by Crippen LogP contribution is 2.30. The molecule has 0 bridgehead atoms. The molecule has 0 amide bonds. The lowest BCUT2D eigenvalue weighted by atomic mass is 9.86. The van der Waals surface area contributed by atoms with Crippen LogP contribution in [0, 0.1) is 5.92 Å². The summed E-state index contributed by atoms with van der Waals surface area (Å²) in [6.07, 6.45) is 4.49. The largest absolute Gasteiger partial charge is 0.475 e. The topological polar surface area (TPSA) is 38.2 Å². The van der Waals surface area contributed by atoms with E-state index in [1.54, 1.807) is 6.08 Å². The summed E-state index contributed by atoms with van der Waals surface area (Å²) in [5.74, 6) is 1.23. The lowest BCUT2D eigenvalue weighted by Gasteiger charge is -2.26. The minimum absolute atomic E-state index is 0.444. The standard InChI is InChI=1S/C13H18FN3OS/c1-17-6-10(5-11(14)7-17)12-13(16-19-15-12)18-8-9-3-2-4-9/h5,9,11H,2-4,6-8H2,1H3. The summed E-state index contributed by atoms with van der Waals surface area (Å²) in [6.45, 7) is 1.85. The molecule has 1 fully saturated rings. The van der Waals surface area contributed by atoms with Crippen molar-refractivity contribution < 1.29 is 9.13 Å². The van der Waals surface area contributed by atoms with Gasteiger partial charge in [0, 0.05) is 13.1 Å². The molecule has 1 aliphatic carbocycles. The smallest absolute Gasteiger partial charge is 0.253 e. The van der Waals surface area contributed by atoms with E-state index in [2.05, 4.69) is 8.75 Å². The van der Waals surface area contributed by atoms with Gasteiger partial charge < -0.3 is 4.74 Å². The highest BCUT2D eigenvalue weighted by atomic mass is 32.1. The molecule has 104 valence electrons. The molecule has 1 aromatic rings. The van der Waals surface area contributed by atoms with Gasteiger partial charge in [0.1, 0.15) is 11.9 Å². The molecular weight excluding hydrogens is 265 g/mol. The van der Waals surface area contributed by atoms with Crippen LogP contribution in [0.15, 0.2) is 6.08 Å². The van der Waals surface area contributed by atoms with Gasteiger partial charge in [0.15, 0.2) is 0 Å². The first kappa shape index (κ1) is 13.0. The normalized spacial score (nSPS) is 24.9. The van der Waals surface area contributed by atoms with Crippen LogP contribution in [0.3, 0.4) is 0 Å². The Morgan fingerprint density at radius 1 is 1.47 bits per heavy atom. The van der Waals surface area contributed by atoms with Gasteiger partial charge in [0.05, 0.1) is 18.3 Å². The highest BCUT2D eigenvalue weighted by molar-refractivity contribution is 6.99. The second-order valence-electron chi connectivity index (χ2n) is 5.43. The Hall–Kier alpha value is -1.01. The molecule has 2 heterocycles. The molecule has 1 aromatic heterocycles. The number of ether oxygens (including phenoxy) is 1. The van der Waals surface area contributed by atoms with Gasteiger partial charge in [-0.25, -0.2) is 4.39 Å². The van der Waals surface area contributed by atoms with Gasteiger partial charge in [0.2, 0.25) is 0 Å². The number of alkyl halides is 1. The molecule has 0 radical (unpaired) electrons. The second-order valence-corrected chi connectivity index (χ2v) is 5.96. The van der Waals surface area contributed by atoms with Crippen molar-refractivity contribution in [3.63, 3.8) is 0 Å². The molecule has 4 nitrogen and oxygen atoms in total. The predicted octanol–water partition coefficient (Wildman–Crippen LogP) is 2.38. The molecular formula is C13H18FN3OS. The SMILES string of the molecule is CN1CC(c2nsnc2OCC2CCC2)=CC(F)C1. The third kappa shape index (κ3) is 2.95. The van der Waals surface area contributed by atoms with Gasteiger partial charge in [-0.2, -0.15) is 4.37 Å². The first-order valence-electron chi connectivity index (χ1n) is 6.71. The molecule has 1 atom stereocenters. The van der Waals surface area contributed by atoms with Gasteiger partial charge in [0.25, 0.3) is 5.88 Å². The average molecular weight is 283 g/mol. The summed E-state index contributed by atoms with van der Waals surface area (Å²) < 4.78 is 27.8. The molecule has 0 N–H and O–H groups in total. The molecule has 0 spiro atoms. The third-order valence-electron chi connectivity index (χ3n) is 3.75. The van der Waals surface area contributed by atoms with Gasteiger partial charge in [-0.3, -0.25) is 4.90 Å². The summed E-state index contributed by atoms with van der Waals surface area (Å²) in [5, 5.41) is 0. The van der Waals surface area contributed by atoms with Crippen LogP contribution in [0.1, 0.15) is 25.0 Å². The zero-order chi connectivity index (χ0) is 13.2. The maximum atomic E-state index is 13.6. The van der Waals surface area contributed by atoms with E-state index >= 15 is 0 Å². The number of rotatable bonds is 4. The minimum Gasteiger partial charge on any atom is -0.475 e. The van der Waals surface area contributed by atoms with E-state index in [-0.39, 0.29) is 0 Å². The summed E-state index contributed by atoms with van der Waals surface area (Å²) in [6, 6.07) is 0. The predicted molar refractivity (Wildman–Crippen MR) is 73.1 cm³/mol. The van der Waals surface area contributed by atoms with Gasteiger partial charge in [-0.05, 0) is 37.5 Å². The molecule has 0 aromatic carbocycles. The van der Waals surface area contributed by atoms with Crippen molar-refractivity contribution in [3.05, 3.63) is 11.8 Å². The molecule has 1 unspecified atom stereocenters. The number of aromatic nitrogens is 2. The monoisotopic (exact) mass is 283 g/mol. The Labute approximate surface area is 116 Å².